The van der Waals surface area contributed by atoms with Crippen molar-refractivity contribution >= 4 is 11.3 Å². The summed E-state index contributed by atoms with van der Waals surface area (Å²) in [4.78, 5) is 1.40. The molecule has 2 nitrogen and oxygen atoms in total. The van der Waals surface area contributed by atoms with Crippen molar-refractivity contribution in [2.75, 3.05) is 0 Å². The maximum Gasteiger partial charge on any atom is 0.0693 e. The van der Waals surface area contributed by atoms with Gasteiger partial charge < -0.3 is 10.4 Å². The smallest absolute Gasteiger partial charge is 0.0693 e. The largest absolute Gasteiger partial charge is 0.392 e. The Labute approximate surface area is 102 Å². The standard InChI is InChI=1S/C13H21NOS/c1-10-7-8-16-13(10)9-14-11-5-3-2-4-6-12(11)15/h7-8,11-12,14-15H,2-6,9H2,1H3. The van der Waals surface area contributed by atoms with E-state index in [-0.39, 0.29) is 6.10 Å². The first-order valence-electron chi connectivity index (χ1n) is 6.22. The first-order chi connectivity index (χ1) is 7.77. The predicted molar refractivity (Wildman–Crippen MR) is 68.8 cm³/mol. The lowest BCUT2D eigenvalue weighted by atomic mass is 10.1. The lowest BCUT2D eigenvalue weighted by Crippen LogP contribution is -2.38. The maximum absolute atomic E-state index is 9.99. The molecule has 1 heterocycles. The van der Waals surface area contributed by atoms with E-state index in [1.165, 1.54) is 29.7 Å². The van der Waals surface area contributed by atoms with Gasteiger partial charge in [-0.3, -0.25) is 0 Å². The molecule has 0 radical (unpaired) electrons. The third-order valence-electron chi connectivity index (χ3n) is 3.47. The van der Waals surface area contributed by atoms with Crippen molar-refractivity contribution in [3.63, 3.8) is 0 Å². The average molecular weight is 239 g/mol. The molecule has 2 N–H and O–H groups in total. The second-order valence-corrected chi connectivity index (χ2v) is 5.72. The molecule has 0 aromatic carbocycles. The van der Waals surface area contributed by atoms with Crippen LogP contribution in [-0.4, -0.2) is 17.3 Å². The second-order valence-electron chi connectivity index (χ2n) is 4.72. The molecule has 1 saturated carbocycles. The van der Waals surface area contributed by atoms with E-state index in [1.807, 2.05) is 0 Å². The minimum absolute atomic E-state index is 0.150. The third-order valence-corrected chi connectivity index (χ3v) is 4.50. The molecular formula is C13H21NOS. The molecule has 2 rings (SSSR count). The van der Waals surface area contributed by atoms with Crippen LogP contribution in [0.3, 0.4) is 0 Å². The number of thiophene rings is 1. The summed E-state index contributed by atoms with van der Waals surface area (Å²) < 4.78 is 0. The number of hydrogen-bond donors (Lipinski definition) is 2. The number of aliphatic hydroxyl groups is 1. The van der Waals surface area contributed by atoms with Gasteiger partial charge in [0.2, 0.25) is 0 Å². The van der Waals surface area contributed by atoms with Crippen LogP contribution in [0.4, 0.5) is 0 Å². The van der Waals surface area contributed by atoms with Gasteiger partial charge in [0, 0.05) is 17.5 Å². The van der Waals surface area contributed by atoms with Gasteiger partial charge in [0.05, 0.1) is 6.10 Å². The molecule has 1 aromatic rings. The van der Waals surface area contributed by atoms with Crippen molar-refractivity contribution < 1.29 is 5.11 Å². The number of nitrogens with one attached hydrogen (secondary N) is 1. The molecule has 0 aliphatic heterocycles. The molecule has 0 bridgehead atoms. The van der Waals surface area contributed by atoms with Crippen LogP contribution in [0.1, 0.15) is 42.5 Å². The number of aryl methyl sites for hydroxylation is 1. The van der Waals surface area contributed by atoms with Crippen molar-refractivity contribution in [3.05, 3.63) is 21.9 Å². The summed E-state index contributed by atoms with van der Waals surface area (Å²) in [5.41, 5.74) is 1.36. The number of rotatable bonds is 3. The normalized spacial score (nSPS) is 26.6. The lowest BCUT2D eigenvalue weighted by Gasteiger charge is -2.21. The van der Waals surface area contributed by atoms with Gasteiger partial charge in [-0.05, 0) is 36.8 Å². The van der Waals surface area contributed by atoms with E-state index < -0.39 is 0 Å². The summed E-state index contributed by atoms with van der Waals surface area (Å²) in [6, 6.07) is 2.45. The van der Waals surface area contributed by atoms with Crippen molar-refractivity contribution in [1.82, 2.24) is 5.32 Å². The van der Waals surface area contributed by atoms with Crippen LogP contribution >= 0.6 is 11.3 Å². The Balaban J connectivity index is 1.86. The molecule has 3 heteroatoms. The third kappa shape index (κ3) is 3.06. The van der Waals surface area contributed by atoms with Crippen molar-refractivity contribution in [2.45, 2.75) is 57.7 Å². The maximum atomic E-state index is 9.99. The molecule has 90 valence electrons. The van der Waals surface area contributed by atoms with Gasteiger partial charge in [0.15, 0.2) is 0 Å². The quantitative estimate of drug-likeness (QED) is 0.795. The molecule has 0 saturated heterocycles. The minimum atomic E-state index is -0.150. The Kier molecular flexibility index (Phi) is 4.38. The Morgan fingerprint density at radius 2 is 2.19 bits per heavy atom. The van der Waals surface area contributed by atoms with Crippen molar-refractivity contribution in [1.29, 1.82) is 0 Å². The van der Waals surface area contributed by atoms with Crippen LogP contribution in [0.5, 0.6) is 0 Å². The first-order valence-corrected chi connectivity index (χ1v) is 7.10. The topological polar surface area (TPSA) is 32.3 Å². The van der Waals surface area contributed by atoms with Gasteiger partial charge in [0.1, 0.15) is 0 Å². The van der Waals surface area contributed by atoms with Crippen molar-refractivity contribution in [2.24, 2.45) is 0 Å². The Morgan fingerprint density at radius 3 is 2.94 bits per heavy atom. The van der Waals surface area contributed by atoms with Crippen LogP contribution in [-0.2, 0) is 6.54 Å². The number of aliphatic hydroxyl groups excluding tert-OH is 1. The highest BCUT2D eigenvalue weighted by Crippen LogP contribution is 2.20. The fourth-order valence-corrected chi connectivity index (χ4v) is 3.19. The average Bonchev–Trinajstić information content (AvgIpc) is 2.56. The van der Waals surface area contributed by atoms with Gasteiger partial charge in [-0.15, -0.1) is 11.3 Å². The Hall–Kier alpha value is -0.380. The molecule has 1 aromatic heterocycles. The van der Waals surface area contributed by atoms with Crippen molar-refractivity contribution in [3.8, 4) is 0 Å². The predicted octanol–water partition coefficient (Wildman–Crippen LogP) is 2.84. The van der Waals surface area contributed by atoms with Crippen LogP contribution in [0, 0.1) is 6.92 Å². The van der Waals surface area contributed by atoms with Crippen LogP contribution in [0.2, 0.25) is 0 Å². The summed E-state index contributed by atoms with van der Waals surface area (Å²) in [5.74, 6) is 0. The summed E-state index contributed by atoms with van der Waals surface area (Å²) in [5, 5.41) is 15.6. The zero-order chi connectivity index (χ0) is 11.4. The Bertz CT molecular complexity index is 323. The molecule has 0 spiro atoms. The van der Waals surface area contributed by atoms with Gasteiger partial charge in [-0.2, -0.15) is 0 Å². The zero-order valence-corrected chi connectivity index (χ0v) is 10.7. The molecule has 1 fully saturated rings. The monoisotopic (exact) mass is 239 g/mol. The zero-order valence-electron chi connectivity index (χ0n) is 9.91. The molecule has 2 atom stereocenters. The van der Waals surface area contributed by atoms with Gasteiger partial charge in [-0.1, -0.05) is 19.3 Å². The number of hydrogen-bond acceptors (Lipinski definition) is 3. The molecule has 0 amide bonds. The summed E-state index contributed by atoms with van der Waals surface area (Å²) in [7, 11) is 0. The highest BCUT2D eigenvalue weighted by molar-refractivity contribution is 7.10. The van der Waals surface area contributed by atoms with Crippen LogP contribution < -0.4 is 5.32 Å². The minimum Gasteiger partial charge on any atom is -0.392 e. The fourth-order valence-electron chi connectivity index (χ4n) is 2.34. The Morgan fingerprint density at radius 1 is 1.38 bits per heavy atom. The molecular weight excluding hydrogens is 218 g/mol. The first kappa shape index (κ1) is 12.1. The van der Waals surface area contributed by atoms with E-state index in [2.05, 4.69) is 23.7 Å². The summed E-state index contributed by atoms with van der Waals surface area (Å²) in [6.45, 7) is 3.06. The summed E-state index contributed by atoms with van der Waals surface area (Å²) >= 11 is 1.80. The lowest BCUT2D eigenvalue weighted by molar-refractivity contribution is 0.119. The molecule has 16 heavy (non-hydrogen) atoms. The fraction of sp³-hybridized carbons (Fsp3) is 0.692. The second kappa shape index (κ2) is 5.80. The highest BCUT2D eigenvalue weighted by atomic mass is 32.1. The highest BCUT2D eigenvalue weighted by Gasteiger charge is 2.20. The molecule has 1 aliphatic carbocycles. The van der Waals surface area contributed by atoms with E-state index in [0.717, 1.165) is 19.4 Å². The SMILES string of the molecule is Cc1ccsc1CNC1CCCCCC1O. The van der Waals surface area contributed by atoms with E-state index in [4.69, 9.17) is 0 Å². The van der Waals surface area contributed by atoms with E-state index in [0.29, 0.717) is 6.04 Å². The van der Waals surface area contributed by atoms with Gasteiger partial charge in [0.25, 0.3) is 0 Å². The van der Waals surface area contributed by atoms with Gasteiger partial charge >= 0.3 is 0 Å². The van der Waals surface area contributed by atoms with E-state index >= 15 is 0 Å². The summed E-state index contributed by atoms with van der Waals surface area (Å²) in [6.07, 6.45) is 5.62. The molecule has 1 aliphatic rings. The van der Waals surface area contributed by atoms with Crippen LogP contribution in [0.25, 0.3) is 0 Å². The molecule has 2 unspecified atom stereocenters. The van der Waals surface area contributed by atoms with E-state index in [1.54, 1.807) is 11.3 Å². The van der Waals surface area contributed by atoms with E-state index in [9.17, 15) is 5.11 Å². The van der Waals surface area contributed by atoms with Gasteiger partial charge in [-0.25, -0.2) is 0 Å². The van der Waals surface area contributed by atoms with Crippen LogP contribution in [0.15, 0.2) is 11.4 Å².